The molecule has 142 valence electrons. The molecule has 0 saturated carbocycles. The second-order valence-electron chi connectivity index (χ2n) is 6.47. The van der Waals surface area contributed by atoms with E-state index >= 15 is 0 Å². The summed E-state index contributed by atoms with van der Waals surface area (Å²) in [5.74, 6) is 1.09. The van der Waals surface area contributed by atoms with Crippen LogP contribution in [0.25, 0.3) is 22.7 Å². The molecule has 0 fully saturated rings. The summed E-state index contributed by atoms with van der Waals surface area (Å²) in [5, 5.41) is 9.55. The molecule has 0 radical (unpaired) electrons. The number of imidazole rings is 1. The number of pyridine rings is 1. The number of hydrogen-bond acceptors (Lipinski definition) is 4. The summed E-state index contributed by atoms with van der Waals surface area (Å²) in [4.78, 5) is 4.64. The summed E-state index contributed by atoms with van der Waals surface area (Å²) in [5.41, 5.74) is 3.63. The highest BCUT2D eigenvalue weighted by Crippen LogP contribution is 2.29. The molecule has 0 saturated heterocycles. The van der Waals surface area contributed by atoms with Crippen LogP contribution in [0.5, 0.6) is 0 Å². The average Bonchev–Trinajstić information content (AvgIpc) is 3.37. The first kappa shape index (κ1) is 17.6. The van der Waals surface area contributed by atoms with Crippen LogP contribution in [-0.4, -0.2) is 24.1 Å². The van der Waals surface area contributed by atoms with Gasteiger partial charge in [-0.15, -0.1) is 10.2 Å². The lowest BCUT2D eigenvalue weighted by Crippen LogP contribution is -2.00. The van der Waals surface area contributed by atoms with Gasteiger partial charge in [0, 0.05) is 29.4 Å². The zero-order chi connectivity index (χ0) is 19.6. The van der Waals surface area contributed by atoms with Crippen LogP contribution in [0, 0.1) is 5.82 Å². The highest BCUT2D eigenvalue weighted by molar-refractivity contribution is 7.98. The van der Waals surface area contributed by atoms with Crippen LogP contribution in [0.1, 0.15) is 5.69 Å². The van der Waals surface area contributed by atoms with Crippen LogP contribution in [-0.2, 0) is 5.75 Å². The van der Waals surface area contributed by atoms with Crippen molar-refractivity contribution in [2.45, 2.75) is 10.9 Å². The minimum atomic E-state index is -0.276. The van der Waals surface area contributed by atoms with Gasteiger partial charge in [0.05, 0.1) is 5.69 Å². The molecule has 2 aromatic carbocycles. The average molecular weight is 401 g/mol. The predicted molar refractivity (Wildman–Crippen MR) is 112 cm³/mol. The van der Waals surface area contributed by atoms with Gasteiger partial charge in [-0.25, -0.2) is 9.37 Å². The number of hydrogen-bond donors (Lipinski definition) is 0. The van der Waals surface area contributed by atoms with Crippen LogP contribution in [0.2, 0.25) is 0 Å². The monoisotopic (exact) mass is 401 g/mol. The van der Waals surface area contributed by atoms with Crippen LogP contribution < -0.4 is 0 Å². The van der Waals surface area contributed by atoms with E-state index in [-0.39, 0.29) is 5.82 Å². The molecular weight excluding hydrogens is 385 g/mol. The largest absolute Gasteiger partial charge is 0.307 e. The second kappa shape index (κ2) is 7.52. The van der Waals surface area contributed by atoms with Crippen molar-refractivity contribution >= 4 is 17.4 Å². The van der Waals surface area contributed by atoms with E-state index in [0.717, 1.165) is 33.6 Å². The third kappa shape index (κ3) is 3.52. The molecule has 0 spiro atoms. The molecule has 0 amide bonds. The number of thioether (sulfide) groups is 1. The van der Waals surface area contributed by atoms with Crippen LogP contribution >= 0.6 is 11.8 Å². The molecule has 0 aliphatic heterocycles. The smallest absolute Gasteiger partial charge is 0.196 e. The van der Waals surface area contributed by atoms with Gasteiger partial charge in [-0.05, 0) is 36.4 Å². The van der Waals surface area contributed by atoms with Gasteiger partial charge in [0.15, 0.2) is 11.0 Å². The normalized spacial score (nSPS) is 11.2. The standard InChI is InChI=1S/C22H16FN5S/c23-17-9-11-19(12-10-17)28-21(16-6-2-1-3-7-16)25-26-22(28)29-15-18-14-27-13-5-4-8-20(27)24-18/h1-14H,15H2. The fourth-order valence-corrected chi connectivity index (χ4v) is 3.99. The van der Waals surface area contributed by atoms with Gasteiger partial charge in [-0.2, -0.15) is 0 Å². The Labute approximate surface area is 170 Å². The Hall–Kier alpha value is -3.45. The van der Waals surface area contributed by atoms with E-state index in [1.165, 1.54) is 12.1 Å². The minimum absolute atomic E-state index is 0.276. The van der Waals surface area contributed by atoms with Gasteiger partial charge in [0.2, 0.25) is 0 Å². The summed E-state index contributed by atoms with van der Waals surface area (Å²) in [6.07, 6.45) is 3.99. The van der Waals surface area contributed by atoms with Crippen molar-refractivity contribution in [2.24, 2.45) is 0 Å². The Morgan fingerprint density at radius 3 is 2.45 bits per heavy atom. The zero-order valence-electron chi connectivity index (χ0n) is 15.3. The van der Waals surface area contributed by atoms with E-state index in [9.17, 15) is 4.39 Å². The Bertz CT molecular complexity index is 1230. The summed E-state index contributed by atoms with van der Waals surface area (Å²) in [6, 6.07) is 22.1. The molecule has 0 bridgehead atoms. The SMILES string of the molecule is Fc1ccc(-n2c(SCc3cn4ccccc4n3)nnc2-c2ccccc2)cc1. The number of nitrogens with zero attached hydrogens (tertiary/aromatic N) is 5. The molecule has 0 N–H and O–H groups in total. The lowest BCUT2D eigenvalue weighted by molar-refractivity contribution is 0.627. The van der Waals surface area contributed by atoms with Crippen LogP contribution in [0.3, 0.4) is 0 Å². The first-order chi connectivity index (χ1) is 14.3. The second-order valence-corrected chi connectivity index (χ2v) is 7.41. The number of fused-ring (bicyclic) bond motifs is 1. The first-order valence-electron chi connectivity index (χ1n) is 9.10. The van der Waals surface area contributed by atoms with E-state index < -0.39 is 0 Å². The quantitative estimate of drug-likeness (QED) is 0.388. The molecule has 0 aliphatic carbocycles. The molecule has 5 nitrogen and oxygen atoms in total. The zero-order valence-corrected chi connectivity index (χ0v) is 16.1. The lowest BCUT2D eigenvalue weighted by Gasteiger charge is -2.10. The van der Waals surface area contributed by atoms with E-state index in [1.54, 1.807) is 23.9 Å². The van der Waals surface area contributed by atoms with Crippen molar-refractivity contribution in [3.63, 3.8) is 0 Å². The van der Waals surface area contributed by atoms with Gasteiger partial charge >= 0.3 is 0 Å². The number of halogens is 1. The van der Waals surface area contributed by atoms with Gasteiger partial charge in [0.25, 0.3) is 0 Å². The maximum atomic E-state index is 13.5. The van der Waals surface area contributed by atoms with Crippen molar-refractivity contribution in [2.75, 3.05) is 0 Å². The van der Waals surface area contributed by atoms with Crippen LogP contribution in [0.4, 0.5) is 4.39 Å². The van der Waals surface area contributed by atoms with Gasteiger partial charge in [-0.3, -0.25) is 4.57 Å². The van der Waals surface area contributed by atoms with Crippen molar-refractivity contribution < 1.29 is 4.39 Å². The molecule has 0 aliphatic rings. The van der Waals surface area contributed by atoms with Crippen molar-refractivity contribution in [3.05, 3.63) is 96.7 Å². The molecule has 3 heterocycles. The van der Waals surface area contributed by atoms with Crippen LogP contribution in [0.15, 0.2) is 90.3 Å². The Kier molecular flexibility index (Phi) is 4.57. The van der Waals surface area contributed by atoms with E-state index in [0.29, 0.717) is 5.75 Å². The third-order valence-electron chi connectivity index (χ3n) is 4.51. The van der Waals surface area contributed by atoms with E-state index in [4.69, 9.17) is 0 Å². The summed E-state index contributed by atoms with van der Waals surface area (Å²) < 4.78 is 17.4. The summed E-state index contributed by atoms with van der Waals surface area (Å²) in [6.45, 7) is 0. The summed E-state index contributed by atoms with van der Waals surface area (Å²) in [7, 11) is 0. The van der Waals surface area contributed by atoms with Gasteiger partial charge in [0.1, 0.15) is 11.5 Å². The van der Waals surface area contributed by atoms with Crippen molar-refractivity contribution in [1.29, 1.82) is 0 Å². The van der Waals surface area contributed by atoms with Gasteiger partial charge < -0.3 is 4.40 Å². The fourth-order valence-electron chi connectivity index (χ4n) is 3.16. The van der Waals surface area contributed by atoms with Gasteiger partial charge in [-0.1, -0.05) is 48.2 Å². The van der Waals surface area contributed by atoms with E-state index in [2.05, 4.69) is 15.2 Å². The third-order valence-corrected chi connectivity index (χ3v) is 5.48. The highest BCUT2D eigenvalue weighted by atomic mass is 32.2. The minimum Gasteiger partial charge on any atom is -0.307 e. The lowest BCUT2D eigenvalue weighted by atomic mass is 10.2. The first-order valence-corrected chi connectivity index (χ1v) is 10.1. The number of benzene rings is 2. The Balaban J connectivity index is 1.52. The molecule has 29 heavy (non-hydrogen) atoms. The topological polar surface area (TPSA) is 48.0 Å². The number of aromatic nitrogens is 5. The molecule has 0 unspecified atom stereocenters. The Morgan fingerprint density at radius 2 is 1.66 bits per heavy atom. The molecule has 7 heteroatoms. The molecule has 5 rings (SSSR count). The molecular formula is C22H16FN5S. The van der Waals surface area contributed by atoms with Crippen molar-refractivity contribution in [3.8, 4) is 17.1 Å². The molecule has 0 atom stereocenters. The van der Waals surface area contributed by atoms with E-state index in [1.807, 2.05) is 69.9 Å². The maximum absolute atomic E-state index is 13.5. The number of rotatable bonds is 5. The summed E-state index contributed by atoms with van der Waals surface area (Å²) >= 11 is 1.55. The predicted octanol–water partition coefficient (Wildman–Crippen LogP) is 5.01. The molecule has 5 aromatic rings. The highest BCUT2D eigenvalue weighted by Gasteiger charge is 2.16. The van der Waals surface area contributed by atoms with Crippen molar-refractivity contribution in [1.82, 2.24) is 24.1 Å². The molecule has 3 aromatic heterocycles. The maximum Gasteiger partial charge on any atom is 0.196 e. The fraction of sp³-hybridized carbons (Fsp3) is 0.0455. The Morgan fingerprint density at radius 1 is 0.862 bits per heavy atom.